The van der Waals surface area contributed by atoms with E-state index in [-0.39, 0.29) is 11.2 Å². The number of halogens is 3. The van der Waals surface area contributed by atoms with Crippen LogP contribution in [0.3, 0.4) is 0 Å². The summed E-state index contributed by atoms with van der Waals surface area (Å²) in [6.07, 6.45) is 1.24. The molecule has 66 valence electrons. The van der Waals surface area contributed by atoms with E-state index in [1.807, 2.05) is 0 Å². The molecule has 0 amide bonds. The quantitative estimate of drug-likeness (QED) is 0.422. The normalized spacial score (nSPS) is 13.3. The highest BCUT2D eigenvalue weighted by molar-refractivity contribution is 8.11. The maximum atomic E-state index is 10.9. The Morgan fingerprint density at radius 2 is 2.18 bits per heavy atom. The largest absolute Gasteiger partial charge is 0.501 e. The number of rotatable bonds is 4. The number of alkyl halides is 1. The molecule has 0 aromatic carbocycles. The van der Waals surface area contributed by atoms with Crippen molar-refractivity contribution in [2.45, 2.75) is 6.92 Å². The summed E-state index contributed by atoms with van der Waals surface area (Å²) in [5, 5.41) is 0.226. The first-order valence-corrected chi connectivity index (χ1v) is 6.94. The Bertz CT molecular complexity index is 186. The van der Waals surface area contributed by atoms with E-state index in [1.54, 1.807) is 6.92 Å². The van der Waals surface area contributed by atoms with Crippen LogP contribution >= 0.6 is 39.9 Å². The zero-order chi connectivity index (χ0) is 8.91. The monoisotopic (exact) mass is 236 g/mol. The van der Waals surface area contributed by atoms with Crippen LogP contribution in [0.1, 0.15) is 6.92 Å². The molecule has 2 nitrogen and oxygen atoms in total. The summed E-state index contributed by atoms with van der Waals surface area (Å²) in [5.41, 5.74) is 0. The van der Waals surface area contributed by atoms with E-state index in [0.29, 0.717) is 6.61 Å². The second-order valence-corrected chi connectivity index (χ2v) is 6.80. The molecule has 0 atom stereocenters. The van der Waals surface area contributed by atoms with Crippen molar-refractivity contribution in [3.05, 3.63) is 11.6 Å². The van der Waals surface area contributed by atoms with Gasteiger partial charge in [0.05, 0.1) is 24.1 Å². The van der Waals surface area contributed by atoms with Gasteiger partial charge in [0.2, 0.25) is 0 Å². The van der Waals surface area contributed by atoms with Crippen LogP contribution in [0, 0.1) is 0 Å². The van der Waals surface area contributed by atoms with Crippen LogP contribution < -0.4 is 0 Å². The van der Waals surface area contributed by atoms with Crippen LogP contribution in [-0.2, 0) is 9.30 Å². The van der Waals surface area contributed by atoms with E-state index >= 15 is 0 Å². The van der Waals surface area contributed by atoms with E-state index in [4.69, 9.17) is 38.8 Å². The minimum Gasteiger partial charge on any atom is -0.501 e. The summed E-state index contributed by atoms with van der Waals surface area (Å²) in [5.74, 6) is -3.24. The van der Waals surface area contributed by atoms with Crippen molar-refractivity contribution in [1.82, 2.24) is 0 Å². The first-order chi connectivity index (χ1) is 5.02. The van der Waals surface area contributed by atoms with Crippen molar-refractivity contribution in [3.63, 3.8) is 0 Å². The summed E-state index contributed by atoms with van der Waals surface area (Å²) in [6, 6.07) is 0. The standard InChI is InChI=1S/C5H8Cl3O2P/c1-2-10-4-5(3-6)11(7,8)9/h4H,2-3H2,1H3. The minimum atomic E-state index is -3.26. The smallest absolute Gasteiger partial charge is 0.282 e. The van der Waals surface area contributed by atoms with Gasteiger partial charge in [0.15, 0.2) is 0 Å². The lowest BCUT2D eigenvalue weighted by atomic mass is 10.7. The van der Waals surface area contributed by atoms with Gasteiger partial charge in [0.1, 0.15) is 0 Å². The van der Waals surface area contributed by atoms with E-state index in [1.165, 1.54) is 6.26 Å². The van der Waals surface area contributed by atoms with E-state index in [2.05, 4.69) is 0 Å². The molecular formula is C5H8Cl3O2P. The number of ether oxygens (including phenoxy) is 1. The molecule has 0 fully saturated rings. The van der Waals surface area contributed by atoms with Crippen LogP contribution in [0.25, 0.3) is 0 Å². The molecule has 0 aliphatic carbocycles. The van der Waals surface area contributed by atoms with Crippen molar-refractivity contribution in [2.75, 3.05) is 12.5 Å². The van der Waals surface area contributed by atoms with Crippen LogP contribution in [0.4, 0.5) is 0 Å². The van der Waals surface area contributed by atoms with Gasteiger partial charge in [0.25, 0.3) is 5.85 Å². The lowest BCUT2D eigenvalue weighted by molar-refractivity contribution is 0.268. The highest BCUT2D eigenvalue weighted by Crippen LogP contribution is 2.63. The summed E-state index contributed by atoms with van der Waals surface area (Å²) in [6.45, 7) is 2.25. The third-order valence-corrected chi connectivity index (χ3v) is 3.57. The summed E-state index contributed by atoms with van der Waals surface area (Å²) in [4.78, 5) is 0. The summed E-state index contributed by atoms with van der Waals surface area (Å²) < 4.78 is 15.8. The predicted octanol–water partition coefficient (Wildman–Crippen LogP) is 3.77. The number of allylic oxidation sites excluding steroid dienone is 1. The highest BCUT2D eigenvalue weighted by atomic mass is 35.9. The SMILES string of the molecule is CCOC=C(CCl)P(=O)(Cl)Cl. The van der Waals surface area contributed by atoms with Crippen molar-refractivity contribution >= 4 is 39.9 Å². The fourth-order valence-electron chi connectivity index (χ4n) is 0.342. The van der Waals surface area contributed by atoms with Gasteiger partial charge in [-0.15, -0.1) is 11.6 Å². The van der Waals surface area contributed by atoms with Gasteiger partial charge >= 0.3 is 0 Å². The molecule has 0 heterocycles. The Hall–Kier alpha value is 0.640. The van der Waals surface area contributed by atoms with Gasteiger partial charge in [0, 0.05) is 0 Å². The van der Waals surface area contributed by atoms with Gasteiger partial charge in [-0.2, -0.15) is 0 Å². The zero-order valence-electron chi connectivity index (χ0n) is 5.89. The number of hydrogen-bond donors (Lipinski definition) is 0. The van der Waals surface area contributed by atoms with Crippen molar-refractivity contribution < 1.29 is 9.30 Å². The van der Waals surface area contributed by atoms with Crippen molar-refractivity contribution in [1.29, 1.82) is 0 Å². The maximum absolute atomic E-state index is 10.9. The van der Waals surface area contributed by atoms with E-state index < -0.39 is 5.85 Å². The van der Waals surface area contributed by atoms with Gasteiger partial charge in [-0.3, -0.25) is 4.57 Å². The zero-order valence-corrected chi connectivity index (χ0v) is 9.05. The third-order valence-electron chi connectivity index (χ3n) is 0.857. The third kappa shape index (κ3) is 4.97. The Morgan fingerprint density at radius 3 is 2.45 bits per heavy atom. The topological polar surface area (TPSA) is 26.3 Å². The lowest BCUT2D eigenvalue weighted by Gasteiger charge is -2.03. The molecule has 0 saturated carbocycles. The lowest BCUT2D eigenvalue weighted by Crippen LogP contribution is -1.84. The molecule has 0 N–H and O–H groups in total. The molecule has 0 aliphatic rings. The van der Waals surface area contributed by atoms with Crippen molar-refractivity contribution in [3.8, 4) is 0 Å². The Kier molecular flexibility index (Phi) is 5.62. The van der Waals surface area contributed by atoms with Gasteiger partial charge in [-0.25, -0.2) is 0 Å². The molecule has 11 heavy (non-hydrogen) atoms. The molecule has 0 aromatic rings. The second kappa shape index (κ2) is 5.31. The van der Waals surface area contributed by atoms with E-state index in [0.717, 1.165) is 0 Å². The molecule has 6 heteroatoms. The Balaban J connectivity index is 4.28. The van der Waals surface area contributed by atoms with Gasteiger partial charge < -0.3 is 4.74 Å². The molecular weight excluding hydrogens is 229 g/mol. The molecule has 0 bridgehead atoms. The fraction of sp³-hybridized carbons (Fsp3) is 0.600. The first kappa shape index (κ1) is 11.6. The maximum Gasteiger partial charge on any atom is 0.282 e. The molecule has 0 aliphatic heterocycles. The number of hydrogen-bond acceptors (Lipinski definition) is 2. The molecule has 0 radical (unpaired) electrons. The second-order valence-electron chi connectivity index (χ2n) is 1.66. The minimum absolute atomic E-state index is 0.0181. The van der Waals surface area contributed by atoms with E-state index in [9.17, 15) is 4.57 Å². The van der Waals surface area contributed by atoms with Crippen LogP contribution in [0.15, 0.2) is 11.6 Å². The van der Waals surface area contributed by atoms with Crippen LogP contribution in [-0.4, -0.2) is 12.5 Å². The molecule has 0 rings (SSSR count). The first-order valence-electron chi connectivity index (χ1n) is 2.89. The fourth-order valence-corrected chi connectivity index (χ4v) is 2.21. The molecule has 0 saturated heterocycles. The van der Waals surface area contributed by atoms with Gasteiger partial charge in [-0.1, -0.05) is 0 Å². The molecule has 0 spiro atoms. The summed E-state index contributed by atoms with van der Waals surface area (Å²) >= 11 is 16.0. The predicted molar refractivity (Wildman–Crippen MR) is 49.7 cm³/mol. The Morgan fingerprint density at radius 1 is 1.64 bits per heavy atom. The Labute approximate surface area is 80.4 Å². The molecule has 0 aromatic heterocycles. The van der Waals surface area contributed by atoms with Crippen LogP contribution in [0.2, 0.25) is 0 Å². The average Bonchev–Trinajstić information content (AvgIpc) is 1.87. The average molecular weight is 237 g/mol. The van der Waals surface area contributed by atoms with Gasteiger partial charge in [-0.05, 0) is 29.4 Å². The van der Waals surface area contributed by atoms with Crippen LogP contribution in [0.5, 0.6) is 0 Å². The summed E-state index contributed by atoms with van der Waals surface area (Å²) in [7, 11) is 0. The molecule has 0 unspecified atom stereocenters. The highest BCUT2D eigenvalue weighted by Gasteiger charge is 2.20. The van der Waals surface area contributed by atoms with Crippen molar-refractivity contribution in [2.24, 2.45) is 0 Å².